The summed E-state index contributed by atoms with van der Waals surface area (Å²) in [6.45, 7) is 0. The third kappa shape index (κ3) is 3.50. The second-order valence-corrected chi connectivity index (χ2v) is 4.44. The molecular formula is C13H15NO2S. The topological polar surface area (TPSA) is 61.1 Å². The van der Waals surface area contributed by atoms with Crippen molar-refractivity contribution >= 4 is 18.6 Å². The Morgan fingerprint density at radius 2 is 2.06 bits per heavy atom. The highest BCUT2D eigenvalue weighted by Gasteiger charge is 2.38. The van der Waals surface area contributed by atoms with Crippen LogP contribution in [0.4, 0.5) is 0 Å². The molecule has 0 amide bonds. The van der Waals surface area contributed by atoms with Gasteiger partial charge in [-0.25, -0.2) is 0 Å². The number of nitrogens with zero attached hydrogens (tertiary/aromatic N) is 1. The van der Waals surface area contributed by atoms with E-state index < -0.39 is 11.4 Å². The Morgan fingerprint density at radius 3 is 2.53 bits per heavy atom. The SMILES string of the molecule is N#CC(CCCS)(Cc1ccccc1)C(=O)O. The van der Waals surface area contributed by atoms with Crippen LogP contribution in [0.15, 0.2) is 30.3 Å². The molecule has 1 N–H and O–H groups in total. The van der Waals surface area contributed by atoms with Crippen molar-refractivity contribution in [2.45, 2.75) is 19.3 Å². The van der Waals surface area contributed by atoms with Gasteiger partial charge in [0.05, 0.1) is 6.07 Å². The van der Waals surface area contributed by atoms with Crippen LogP contribution in [0.1, 0.15) is 18.4 Å². The number of rotatable bonds is 6. The highest BCUT2D eigenvalue weighted by atomic mass is 32.1. The van der Waals surface area contributed by atoms with E-state index in [1.165, 1.54) is 0 Å². The normalized spacial score (nSPS) is 13.6. The molecule has 0 bridgehead atoms. The maximum atomic E-state index is 11.3. The lowest BCUT2D eigenvalue weighted by molar-refractivity contribution is -0.145. The van der Waals surface area contributed by atoms with Crippen molar-refractivity contribution < 1.29 is 9.90 Å². The average Bonchev–Trinajstić information content (AvgIpc) is 2.35. The van der Waals surface area contributed by atoms with Gasteiger partial charge in [0.1, 0.15) is 0 Å². The first-order valence-electron chi connectivity index (χ1n) is 5.44. The Morgan fingerprint density at radius 1 is 1.41 bits per heavy atom. The van der Waals surface area contributed by atoms with Gasteiger partial charge < -0.3 is 5.11 Å². The zero-order valence-electron chi connectivity index (χ0n) is 9.47. The van der Waals surface area contributed by atoms with Crippen LogP contribution in [0.5, 0.6) is 0 Å². The van der Waals surface area contributed by atoms with E-state index in [0.717, 1.165) is 5.56 Å². The summed E-state index contributed by atoms with van der Waals surface area (Å²) >= 11 is 4.06. The van der Waals surface area contributed by atoms with Gasteiger partial charge in [0, 0.05) is 6.42 Å². The summed E-state index contributed by atoms with van der Waals surface area (Å²) < 4.78 is 0. The molecule has 0 aliphatic carbocycles. The summed E-state index contributed by atoms with van der Waals surface area (Å²) in [5.74, 6) is -0.462. The Kier molecular flexibility index (Phi) is 5.05. The summed E-state index contributed by atoms with van der Waals surface area (Å²) in [7, 11) is 0. The molecule has 0 heterocycles. The van der Waals surface area contributed by atoms with Crippen molar-refractivity contribution in [3.63, 3.8) is 0 Å². The first kappa shape index (κ1) is 13.6. The minimum atomic E-state index is -1.33. The highest BCUT2D eigenvalue weighted by Crippen LogP contribution is 2.28. The Balaban J connectivity index is 2.91. The molecule has 0 aliphatic rings. The number of hydrogen-bond donors (Lipinski definition) is 2. The number of carbonyl (C=O) groups is 1. The molecule has 0 saturated carbocycles. The third-order valence-corrected chi connectivity index (χ3v) is 3.05. The van der Waals surface area contributed by atoms with E-state index in [4.69, 9.17) is 0 Å². The van der Waals surface area contributed by atoms with Gasteiger partial charge in [-0.1, -0.05) is 30.3 Å². The van der Waals surface area contributed by atoms with Crippen molar-refractivity contribution in [3.8, 4) is 6.07 Å². The van der Waals surface area contributed by atoms with Crippen LogP contribution in [0, 0.1) is 16.7 Å². The highest BCUT2D eigenvalue weighted by molar-refractivity contribution is 7.80. The predicted molar refractivity (Wildman–Crippen MR) is 68.9 cm³/mol. The molecule has 0 aromatic heterocycles. The quantitative estimate of drug-likeness (QED) is 0.762. The monoisotopic (exact) mass is 249 g/mol. The van der Waals surface area contributed by atoms with Crippen LogP contribution in [-0.4, -0.2) is 16.8 Å². The smallest absolute Gasteiger partial charge is 0.324 e. The minimum absolute atomic E-state index is 0.244. The Labute approximate surface area is 106 Å². The van der Waals surface area contributed by atoms with Crippen molar-refractivity contribution in [2.75, 3.05) is 5.75 Å². The molecule has 0 saturated heterocycles. The zero-order chi connectivity index (χ0) is 12.7. The van der Waals surface area contributed by atoms with E-state index in [2.05, 4.69) is 12.6 Å². The lowest BCUT2D eigenvalue weighted by Gasteiger charge is -2.21. The third-order valence-electron chi connectivity index (χ3n) is 2.73. The standard InChI is InChI=1S/C13H15NO2S/c14-10-13(12(15)16,7-4-8-17)9-11-5-2-1-3-6-11/h1-3,5-6,17H,4,7-9H2,(H,15,16). The van der Waals surface area contributed by atoms with Gasteiger partial charge in [-0.15, -0.1) is 0 Å². The summed E-state index contributed by atoms with van der Waals surface area (Å²) in [5, 5.41) is 18.4. The van der Waals surface area contributed by atoms with Crippen molar-refractivity contribution in [2.24, 2.45) is 5.41 Å². The second-order valence-electron chi connectivity index (χ2n) is 3.99. The van der Waals surface area contributed by atoms with Gasteiger partial charge in [0.15, 0.2) is 5.41 Å². The van der Waals surface area contributed by atoms with Crippen molar-refractivity contribution in [1.29, 1.82) is 5.26 Å². The van der Waals surface area contributed by atoms with Gasteiger partial charge in [0.2, 0.25) is 0 Å². The molecule has 3 nitrogen and oxygen atoms in total. The molecule has 0 fully saturated rings. The molecule has 1 aromatic rings. The Bertz CT molecular complexity index is 413. The summed E-state index contributed by atoms with van der Waals surface area (Å²) in [4.78, 5) is 11.3. The molecule has 1 atom stereocenters. The maximum absolute atomic E-state index is 11.3. The van der Waals surface area contributed by atoms with E-state index in [1.807, 2.05) is 36.4 Å². The molecule has 0 spiro atoms. The first-order valence-corrected chi connectivity index (χ1v) is 6.07. The van der Waals surface area contributed by atoms with Gasteiger partial charge in [-0.05, 0) is 24.2 Å². The molecule has 1 unspecified atom stereocenters. The van der Waals surface area contributed by atoms with E-state index >= 15 is 0 Å². The lowest BCUT2D eigenvalue weighted by Crippen LogP contribution is -2.32. The van der Waals surface area contributed by atoms with E-state index in [1.54, 1.807) is 0 Å². The van der Waals surface area contributed by atoms with E-state index in [0.29, 0.717) is 18.6 Å². The molecule has 0 aliphatic heterocycles. The van der Waals surface area contributed by atoms with Crippen molar-refractivity contribution in [1.82, 2.24) is 0 Å². The predicted octanol–water partition coefficient (Wildman–Crippen LogP) is 2.53. The van der Waals surface area contributed by atoms with Crippen LogP contribution < -0.4 is 0 Å². The van der Waals surface area contributed by atoms with Crippen molar-refractivity contribution in [3.05, 3.63) is 35.9 Å². The molecule has 1 aromatic carbocycles. The number of carboxylic acids is 1. The van der Waals surface area contributed by atoms with Gasteiger partial charge in [-0.3, -0.25) is 4.79 Å². The Hall–Kier alpha value is -1.47. The number of benzene rings is 1. The van der Waals surface area contributed by atoms with Crippen LogP contribution >= 0.6 is 12.6 Å². The fourth-order valence-corrected chi connectivity index (χ4v) is 1.90. The summed E-state index contributed by atoms with van der Waals surface area (Å²) in [5.41, 5.74) is -0.458. The first-order chi connectivity index (χ1) is 8.14. The summed E-state index contributed by atoms with van der Waals surface area (Å²) in [6.07, 6.45) is 1.19. The number of thiol groups is 1. The molecule has 17 heavy (non-hydrogen) atoms. The number of aliphatic carboxylic acids is 1. The second kappa shape index (κ2) is 6.31. The number of hydrogen-bond acceptors (Lipinski definition) is 3. The van der Waals surface area contributed by atoms with Gasteiger partial charge in [0.25, 0.3) is 0 Å². The maximum Gasteiger partial charge on any atom is 0.324 e. The molecule has 1 rings (SSSR count). The minimum Gasteiger partial charge on any atom is -0.480 e. The van der Waals surface area contributed by atoms with Gasteiger partial charge in [-0.2, -0.15) is 17.9 Å². The summed E-state index contributed by atoms with van der Waals surface area (Å²) in [6, 6.07) is 11.2. The lowest BCUT2D eigenvalue weighted by atomic mass is 9.79. The fourth-order valence-electron chi connectivity index (χ4n) is 1.74. The van der Waals surface area contributed by atoms with Crippen LogP contribution in [-0.2, 0) is 11.2 Å². The largest absolute Gasteiger partial charge is 0.480 e. The molecule has 4 heteroatoms. The van der Waals surface area contributed by atoms with Gasteiger partial charge >= 0.3 is 5.97 Å². The van der Waals surface area contributed by atoms with E-state index in [9.17, 15) is 15.2 Å². The fraction of sp³-hybridized carbons (Fsp3) is 0.385. The van der Waals surface area contributed by atoms with Crippen LogP contribution in [0.3, 0.4) is 0 Å². The molecule has 90 valence electrons. The van der Waals surface area contributed by atoms with E-state index in [-0.39, 0.29) is 6.42 Å². The van der Waals surface area contributed by atoms with Crippen LogP contribution in [0.2, 0.25) is 0 Å². The molecular weight excluding hydrogens is 234 g/mol. The number of carboxylic acid groups (broad SMARTS) is 1. The van der Waals surface area contributed by atoms with Crippen LogP contribution in [0.25, 0.3) is 0 Å². The number of nitriles is 1. The molecule has 0 radical (unpaired) electrons. The zero-order valence-corrected chi connectivity index (χ0v) is 10.4. The average molecular weight is 249 g/mol.